The summed E-state index contributed by atoms with van der Waals surface area (Å²) in [6, 6.07) is 7.58. The molecule has 1 aromatic heterocycles. The third-order valence-electron chi connectivity index (χ3n) is 4.70. The maximum absolute atomic E-state index is 12.8. The third kappa shape index (κ3) is 5.86. The fourth-order valence-corrected chi connectivity index (χ4v) is 3.39. The number of benzene rings is 1. The third-order valence-corrected chi connectivity index (χ3v) is 5.02. The van der Waals surface area contributed by atoms with E-state index in [2.05, 4.69) is 5.32 Å². The van der Waals surface area contributed by atoms with Gasteiger partial charge in [0.05, 0.1) is 36.5 Å². The summed E-state index contributed by atoms with van der Waals surface area (Å²) < 4.78 is 7.33. The minimum absolute atomic E-state index is 0.0503. The summed E-state index contributed by atoms with van der Waals surface area (Å²) in [6.45, 7) is -0.428. The highest BCUT2D eigenvalue weighted by molar-refractivity contribution is 6.32. The summed E-state index contributed by atoms with van der Waals surface area (Å²) in [5.74, 6) is -0.118. The van der Waals surface area contributed by atoms with Crippen molar-refractivity contribution in [1.29, 1.82) is 0 Å². The van der Waals surface area contributed by atoms with Crippen molar-refractivity contribution in [3.05, 3.63) is 59.6 Å². The average Bonchev–Trinajstić information content (AvgIpc) is 3.33. The zero-order valence-corrected chi connectivity index (χ0v) is 17.4. The van der Waals surface area contributed by atoms with Crippen LogP contribution in [0.1, 0.15) is 6.42 Å². The Bertz CT molecular complexity index is 960. The Morgan fingerprint density at radius 1 is 1.26 bits per heavy atom. The van der Waals surface area contributed by atoms with Crippen molar-refractivity contribution in [2.45, 2.75) is 25.1 Å². The average molecular weight is 450 g/mol. The molecule has 9 nitrogen and oxygen atoms in total. The van der Waals surface area contributed by atoms with Gasteiger partial charge >= 0.3 is 0 Å². The molecular formula is C21H24ClN3O6. The topological polar surface area (TPSA) is 124 Å². The quantitative estimate of drug-likeness (QED) is 0.429. The second-order valence-corrected chi connectivity index (χ2v) is 7.47. The molecule has 1 aromatic carbocycles. The number of carbonyl (C=O) groups excluding carboxylic acids is 2. The minimum atomic E-state index is -0.914. The molecule has 31 heavy (non-hydrogen) atoms. The molecule has 0 aliphatic carbocycles. The predicted molar refractivity (Wildman–Crippen MR) is 114 cm³/mol. The summed E-state index contributed by atoms with van der Waals surface area (Å²) in [4.78, 5) is 26.7. The number of hydrogen-bond donors (Lipinski definition) is 4. The number of halogens is 1. The Labute approximate surface area is 184 Å². The maximum atomic E-state index is 12.8. The molecule has 0 spiro atoms. The van der Waals surface area contributed by atoms with Gasteiger partial charge in [0, 0.05) is 25.1 Å². The number of carbonyl (C=O) groups is 2. The molecule has 2 atom stereocenters. The van der Waals surface area contributed by atoms with E-state index in [0.29, 0.717) is 22.2 Å². The number of amides is 2. The van der Waals surface area contributed by atoms with Gasteiger partial charge in [-0.3, -0.25) is 9.59 Å². The van der Waals surface area contributed by atoms with Crippen molar-refractivity contribution >= 4 is 29.1 Å². The van der Waals surface area contributed by atoms with Crippen LogP contribution in [0.15, 0.2) is 54.6 Å². The Morgan fingerprint density at radius 3 is 2.74 bits per heavy atom. The summed E-state index contributed by atoms with van der Waals surface area (Å²) in [6.07, 6.45) is 3.68. The first kappa shape index (κ1) is 22.8. The van der Waals surface area contributed by atoms with Crippen molar-refractivity contribution < 1.29 is 29.6 Å². The van der Waals surface area contributed by atoms with Gasteiger partial charge in [-0.15, -0.1) is 0 Å². The van der Waals surface area contributed by atoms with E-state index in [-0.39, 0.29) is 32.7 Å². The Morgan fingerprint density at radius 2 is 2.03 bits per heavy atom. The lowest BCUT2D eigenvalue weighted by Gasteiger charge is -2.26. The first-order valence-corrected chi connectivity index (χ1v) is 10.1. The van der Waals surface area contributed by atoms with E-state index >= 15 is 0 Å². The number of nitrogens with one attached hydrogen (secondary N) is 1. The van der Waals surface area contributed by atoms with Crippen LogP contribution in [0.2, 0.25) is 5.02 Å². The Balaban J connectivity index is 1.65. The summed E-state index contributed by atoms with van der Waals surface area (Å²) in [7, 11) is 0. The highest BCUT2D eigenvalue weighted by Crippen LogP contribution is 2.27. The molecule has 10 heteroatoms. The van der Waals surface area contributed by atoms with Crippen LogP contribution in [0.4, 0.5) is 5.69 Å². The number of aliphatic hydroxyl groups is 3. The van der Waals surface area contributed by atoms with Gasteiger partial charge in [-0.25, -0.2) is 0 Å². The first-order valence-electron chi connectivity index (χ1n) is 9.71. The fraction of sp³-hybridized carbons (Fsp3) is 0.333. The van der Waals surface area contributed by atoms with Crippen LogP contribution < -0.4 is 10.1 Å². The van der Waals surface area contributed by atoms with E-state index < -0.39 is 24.0 Å². The highest BCUT2D eigenvalue weighted by atomic mass is 35.5. The fourth-order valence-electron chi connectivity index (χ4n) is 3.21. The SMILES string of the molecule is O=C(Nc1ccn(C[C@@H](O)CO)c1)[C@H](CCO)N1CC(Oc2ccccc2Cl)=CC1=O. The number of para-hydroxylation sites is 1. The van der Waals surface area contributed by atoms with Crippen LogP contribution in [0.25, 0.3) is 0 Å². The van der Waals surface area contributed by atoms with Crippen molar-refractivity contribution in [3.8, 4) is 5.75 Å². The van der Waals surface area contributed by atoms with E-state index in [9.17, 15) is 19.8 Å². The van der Waals surface area contributed by atoms with Crippen molar-refractivity contribution in [2.24, 2.45) is 0 Å². The first-order chi connectivity index (χ1) is 14.9. The van der Waals surface area contributed by atoms with Crippen molar-refractivity contribution in [2.75, 3.05) is 25.1 Å². The minimum Gasteiger partial charge on any atom is -0.458 e. The molecule has 1 aliphatic heterocycles. The monoisotopic (exact) mass is 449 g/mol. The molecule has 0 saturated heterocycles. The predicted octanol–water partition coefficient (Wildman–Crippen LogP) is 0.989. The highest BCUT2D eigenvalue weighted by Gasteiger charge is 2.34. The molecule has 2 amide bonds. The summed E-state index contributed by atoms with van der Waals surface area (Å²) in [5.41, 5.74) is 0.463. The van der Waals surface area contributed by atoms with Crippen LogP contribution in [-0.2, 0) is 16.1 Å². The number of nitrogens with zero attached hydrogens (tertiary/aromatic N) is 2. The normalized spacial score (nSPS) is 15.5. The van der Waals surface area contributed by atoms with Gasteiger partial charge in [-0.05, 0) is 24.6 Å². The van der Waals surface area contributed by atoms with Crippen LogP contribution in [-0.4, -0.2) is 68.5 Å². The van der Waals surface area contributed by atoms with Gasteiger partial charge in [0.15, 0.2) is 0 Å². The maximum Gasteiger partial charge on any atom is 0.251 e. The molecule has 166 valence electrons. The second kappa shape index (κ2) is 10.5. The molecule has 0 saturated carbocycles. The molecule has 2 heterocycles. The number of aliphatic hydroxyl groups excluding tert-OH is 3. The number of aromatic nitrogens is 1. The van der Waals surface area contributed by atoms with Crippen molar-refractivity contribution in [1.82, 2.24) is 9.47 Å². The van der Waals surface area contributed by atoms with Crippen LogP contribution in [0, 0.1) is 0 Å². The second-order valence-electron chi connectivity index (χ2n) is 7.06. The summed E-state index contributed by atoms with van der Waals surface area (Å²) >= 11 is 6.09. The van der Waals surface area contributed by atoms with Gasteiger partial charge < -0.3 is 34.8 Å². The van der Waals surface area contributed by atoms with Gasteiger partial charge in [-0.1, -0.05) is 23.7 Å². The number of hydrogen-bond acceptors (Lipinski definition) is 6. The molecule has 0 unspecified atom stereocenters. The zero-order valence-electron chi connectivity index (χ0n) is 16.6. The van der Waals surface area contributed by atoms with E-state index in [1.54, 1.807) is 47.3 Å². The van der Waals surface area contributed by atoms with E-state index in [4.69, 9.17) is 21.4 Å². The molecule has 1 aliphatic rings. The molecule has 0 bridgehead atoms. The molecular weight excluding hydrogens is 426 g/mol. The standard InChI is InChI=1S/C21H24ClN3O6/c22-17-3-1-2-4-19(17)31-16-9-20(29)25(12-16)18(6-8-26)21(30)23-14-5-7-24(10-14)11-15(28)13-27/h1-5,7,9-10,15,18,26-28H,6,8,11-13H2,(H,23,30)/t15-,18+/m1/s1. The molecule has 3 rings (SSSR count). The van der Waals surface area contributed by atoms with Gasteiger partial charge in [-0.2, -0.15) is 0 Å². The van der Waals surface area contributed by atoms with Crippen LogP contribution in [0.3, 0.4) is 0 Å². The molecule has 2 aromatic rings. The van der Waals surface area contributed by atoms with Crippen LogP contribution in [0.5, 0.6) is 5.75 Å². The van der Waals surface area contributed by atoms with Gasteiger partial charge in [0.1, 0.15) is 17.6 Å². The number of rotatable bonds is 10. The lowest BCUT2D eigenvalue weighted by Crippen LogP contribution is -2.46. The lowest BCUT2D eigenvalue weighted by molar-refractivity contribution is -0.133. The van der Waals surface area contributed by atoms with Crippen molar-refractivity contribution in [3.63, 3.8) is 0 Å². The van der Waals surface area contributed by atoms with Gasteiger partial charge in [0.25, 0.3) is 5.91 Å². The van der Waals surface area contributed by atoms with E-state index in [1.165, 1.54) is 11.0 Å². The zero-order chi connectivity index (χ0) is 22.4. The molecule has 0 radical (unpaired) electrons. The largest absolute Gasteiger partial charge is 0.458 e. The molecule has 0 fully saturated rings. The Hall–Kier alpha value is -2.85. The summed E-state index contributed by atoms with van der Waals surface area (Å²) in [5, 5.41) is 31.0. The van der Waals surface area contributed by atoms with E-state index in [0.717, 1.165) is 0 Å². The Kier molecular flexibility index (Phi) is 7.69. The van der Waals surface area contributed by atoms with E-state index in [1.807, 2.05) is 0 Å². The number of anilines is 1. The lowest BCUT2D eigenvalue weighted by atomic mass is 10.1. The number of ether oxygens (including phenoxy) is 1. The smallest absolute Gasteiger partial charge is 0.251 e. The van der Waals surface area contributed by atoms with Gasteiger partial charge in [0.2, 0.25) is 5.91 Å². The molecule has 4 N–H and O–H groups in total. The van der Waals surface area contributed by atoms with Crippen LogP contribution >= 0.6 is 11.6 Å².